The second-order valence-electron chi connectivity index (χ2n) is 3.96. The normalized spacial score (nSPS) is 16.9. The van der Waals surface area contributed by atoms with Gasteiger partial charge in [0.25, 0.3) is 0 Å². The molecule has 2 nitrogen and oxygen atoms in total. The van der Waals surface area contributed by atoms with E-state index in [1.54, 1.807) is 6.07 Å². The number of carbonyl (C=O) groups excluding carboxylic acids is 1. The number of benzene rings is 1. The molecule has 0 unspecified atom stereocenters. The van der Waals surface area contributed by atoms with Crippen LogP contribution >= 0.6 is 11.6 Å². The van der Waals surface area contributed by atoms with Crippen molar-refractivity contribution in [2.45, 2.75) is 19.4 Å². The maximum Gasteiger partial charge on any atom is 0.151 e. The summed E-state index contributed by atoms with van der Waals surface area (Å²) in [6.07, 6.45) is 3.38. The fourth-order valence-corrected chi connectivity index (χ4v) is 2.21. The molecule has 0 aromatic heterocycles. The van der Waals surface area contributed by atoms with Gasteiger partial charge in [-0.2, -0.15) is 0 Å². The van der Waals surface area contributed by atoms with Gasteiger partial charge in [-0.05, 0) is 43.6 Å². The quantitative estimate of drug-likeness (QED) is 0.735. The first kappa shape index (κ1) is 10.7. The third-order valence-corrected chi connectivity index (χ3v) is 3.12. The Morgan fingerprint density at radius 3 is 2.67 bits per heavy atom. The van der Waals surface area contributed by atoms with E-state index in [1.165, 1.54) is 31.5 Å². The Kier molecular flexibility index (Phi) is 3.39. The number of aldehydes is 1. The molecule has 1 aromatic carbocycles. The fraction of sp³-hybridized carbons (Fsp3) is 0.417. The topological polar surface area (TPSA) is 20.3 Å². The molecule has 0 spiro atoms. The van der Waals surface area contributed by atoms with Gasteiger partial charge in [0.15, 0.2) is 6.29 Å². The molecule has 1 fully saturated rings. The van der Waals surface area contributed by atoms with Crippen molar-refractivity contribution in [1.29, 1.82) is 0 Å². The van der Waals surface area contributed by atoms with E-state index in [9.17, 15) is 4.79 Å². The average Bonchev–Trinajstić information content (AvgIpc) is 2.71. The van der Waals surface area contributed by atoms with Crippen molar-refractivity contribution in [2.24, 2.45) is 0 Å². The highest BCUT2D eigenvalue weighted by atomic mass is 35.5. The SMILES string of the molecule is O=Cc1ccc(CN2CCCC2)cc1Cl. The Morgan fingerprint density at radius 2 is 2.07 bits per heavy atom. The second kappa shape index (κ2) is 4.77. The Bertz CT molecular complexity index is 359. The number of carbonyl (C=O) groups is 1. The van der Waals surface area contributed by atoms with Crippen LogP contribution in [0.15, 0.2) is 18.2 Å². The summed E-state index contributed by atoms with van der Waals surface area (Å²) in [5.74, 6) is 0. The van der Waals surface area contributed by atoms with Crippen LogP contribution in [0.3, 0.4) is 0 Å². The van der Waals surface area contributed by atoms with E-state index < -0.39 is 0 Å². The summed E-state index contributed by atoms with van der Waals surface area (Å²) in [6, 6.07) is 5.66. The Hall–Kier alpha value is -0.860. The lowest BCUT2D eigenvalue weighted by atomic mass is 10.1. The van der Waals surface area contributed by atoms with E-state index in [-0.39, 0.29) is 0 Å². The molecule has 1 aromatic rings. The van der Waals surface area contributed by atoms with Crippen LogP contribution in [-0.2, 0) is 6.54 Å². The van der Waals surface area contributed by atoms with Crippen LogP contribution in [0.25, 0.3) is 0 Å². The zero-order valence-corrected chi connectivity index (χ0v) is 9.33. The summed E-state index contributed by atoms with van der Waals surface area (Å²) < 4.78 is 0. The minimum absolute atomic E-state index is 0.557. The number of hydrogen-bond donors (Lipinski definition) is 0. The molecule has 0 bridgehead atoms. The van der Waals surface area contributed by atoms with E-state index in [1.807, 2.05) is 12.1 Å². The van der Waals surface area contributed by atoms with E-state index in [2.05, 4.69) is 4.90 Å². The molecule has 1 aliphatic rings. The lowest BCUT2D eigenvalue weighted by Crippen LogP contribution is -2.18. The highest BCUT2D eigenvalue weighted by Crippen LogP contribution is 2.19. The number of likely N-dealkylation sites (tertiary alicyclic amines) is 1. The maximum absolute atomic E-state index is 10.6. The fourth-order valence-electron chi connectivity index (χ4n) is 1.96. The third-order valence-electron chi connectivity index (χ3n) is 2.80. The highest BCUT2D eigenvalue weighted by molar-refractivity contribution is 6.33. The van der Waals surface area contributed by atoms with Crippen LogP contribution in [-0.4, -0.2) is 24.3 Å². The van der Waals surface area contributed by atoms with Gasteiger partial charge in [0.1, 0.15) is 0 Å². The summed E-state index contributed by atoms with van der Waals surface area (Å²) in [4.78, 5) is 13.0. The van der Waals surface area contributed by atoms with E-state index in [0.29, 0.717) is 10.6 Å². The van der Waals surface area contributed by atoms with Gasteiger partial charge in [0.05, 0.1) is 5.02 Å². The van der Waals surface area contributed by atoms with Gasteiger partial charge in [0, 0.05) is 12.1 Å². The molecule has 0 amide bonds. The molecular weight excluding hydrogens is 210 g/mol. The van der Waals surface area contributed by atoms with Crippen molar-refractivity contribution in [3.8, 4) is 0 Å². The summed E-state index contributed by atoms with van der Waals surface area (Å²) in [6.45, 7) is 3.29. The van der Waals surface area contributed by atoms with Gasteiger partial charge in [-0.15, -0.1) is 0 Å². The molecule has 0 radical (unpaired) electrons. The van der Waals surface area contributed by atoms with Gasteiger partial charge >= 0.3 is 0 Å². The maximum atomic E-state index is 10.6. The van der Waals surface area contributed by atoms with Crippen LogP contribution in [0.2, 0.25) is 5.02 Å². The molecule has 80 valence electrons. The standard InChI is InChI=1S/C12H14ClNO/c13-12-7-10(3-4-11(12)9-15)8-14-5-1-2-6-14/h3-4,7,9H,1-2,5-6,8H2. The predicted molar refractivity (Wildman–Crippen MR) is 61.4 cm³/mol. The van der Waals surface area contributed by atoms with Crippen molar-refractivity contribution >= 4 is 17.9 Å². The largest absolute Gasteiger partial charge is 0.299 e. The van der Waals surface area contributed by atoms with Gasteiger partial charge in [-0.25, -0.2) is 0 Å². The average molecular weight is 224 g/mol. The van der Waals surface area contributed by atoms with Crippen molar-refractivity contribution in [3.05, 3.63) is 34.3 Å². The van der Waals surface area contributed by atoms with Crippen molar-refractivity contribution in [1.82, 2.24) is 4.90 Å². The zero-order chi connectivity index (χ0) is 10.7. The Morgan fingerprint density at radius 1 is 1.33 bits per heavy atom. The minimum atomic E-state index is 0.557. The monoisotopic (exact) mass is 223 g/mol. The van der Waals surface area contributed by atoms with Crippen LogP contribution < -0.4 is 0 Å². The number of hydrogen-bond acceptors (Lipinski definition) is 2. The second-order valence-corrected chi connectivity index (χ2v) is 4.36. The smallest absolute Gasteiger partial charge is 0.151 e. The molecule has 0 atom stereocenters. The molecule has 1 heterocycles. The summed E-state index contributed by atoms with van der Waals surface area (Å²) >= 11 is 5.97. The number of halogens is 1. The van der Waals surface area contributed by atoms with Crippen LogP contribution in [0.4, 0.5) is 0 Å². The molecule has 1 saturated heterocycles. The van der Waals surface area contributed by atoms with E-state index >= 15 is 0 Å². The first-order valence-corrected chi connectivity index (χ1v) is 5.63. The molecule has 1 aliphatic heterocycles. The van der Waals surface area contributed by atoms with Gasteiger partial charge < -0.3 is 0 Å². The molecule has 0 N–H and O–H groups in total. The molecule has 0 aliphatic carbocycles. The minimum Gasteiger partial charge on any atom is -0.299 e. The highest BCUT2D eigenvalue weighted by Gasteiger charge is 2.12. The van der Waals surface area contributed by atoms with Crippen molar-refractivity contribution in [2.75, 3.05) is 13.1 Å². The lowest BCUT2D eigenvalue weighted by Gasteiger charge is -2.14. The van der Waals surface area contributed by atoms with Gasteiger partial charge in [-0.3, -0.25) is 9.69 Å². The molecule has 15 heavy (non-hydrogen) atoms. The number of rotatable bonds is 3. The lowest BCUT2D eigenvalue weighted by molar-refractivity contribution is 0.112. The molecular formula is C12H14ClNO. The van der Waals surface area contributed by atoms with Crippen LogP contribution in [0, 0.1) is 0 Å². The van der Waals surface area contributed by atoms with Crippen molar-refractivity contribution < 1.29 is 4.79 Å². The summed E-state index contributed by atoms with van der Waals surface area (Å²) in [5.41, 5.74) is 1.76. The Balaban J connectivity index is 2.08. The molecule has 0 saturated carbocycles. The Labute approximate surface area is 94.8 Å². The van der Waals surface area contributed by atoms with Crippen molar-refractivity contribution in [3.63, 3.8) is 0 Å². The van der Waals surface area contributed by atoms with Crippen LogP contribution in [0.5, 0.6) is 0 Å². The van der Waals surface area contributed by atoms with E-state index in [4.69, 9.17) is 11.6 Å². The van der Waals surface area contributed by atoms with Crippen LogP contribution in [0.1, 0.15) is 28.8 Å². The summed E-state index contributed by atoms with van der Waals surface area (Å²) in [5, 5.41) is 0.557. The third kappa shape index (κ3) is 2.58. The van der Waals surface area contributed by atoms with E-state index in [0.717, 1.165) is 12.8 Å². The first-order valence-electron chi connectivity index (χ1n) is 5.25. The molecule has 2 rings (SSSR count). The first-order chi connectivity index (χ1) is 7.29. The molecule has 3 heteroatoms. The predicted octanol–water partition coefficient (Wildman–Crippen LogP) is 2.75. The van der Waals surface area contributed by atoms with Gasteiger partial charge in [-0.1, -0.05) is 17.7 Å². The zero-order valence-electron chi connectivity index (χ0n) is 8.58. The van der Waals surface area contributed by atoms with Gasteiger partial charge in [0.2, 0.25) is 0 Å². The number of nitrogens with zero attached hydrogens (tertiary/aromatic N) is 1. The summed E-state index contributed by atoms with van der Waals surface area (Å²) in [7, 11) is 0.